The first kappa shape index (κ1) is 11.8. The summed E-state index contributed by atoms with van der Waals surface area (Å²) < 4.78 is 1.18. The fraction of sp³-hybridized carbons (Fsp3) is 0.364. The average molecular weight is 300 g/mol. The van der Waals surface area contributed by atoms with Gasteiger partial charge >= 0.3 is 0 Å². The number of aromatic nitrogens is 2. The van der Waals surface area contributed by atoms with Crippen molar-refractivity contribution in [2.45, 2.75) is 26.4 Å². The van der Waals surface area contributed by atoms with Crippen LogP contribution in [0.5, 0.6) is 0 Å². The highest BCUT2D eigenvalue weighted by molar-refractivity contribution is 9.11. The highest BCUT2D eigenvalue weighted by Crippen LogP contribution is 2.27. The molecule has 0 fully saturated rings. The Morgan fingerprint density at radius 1 is 1.56 bits per heavy atom. The lowest BCUT2D eigenvalue weighted by Crippen LogP contribution is -2.17. The van der Waals surface area contributed by atoms with Crippen LogP contribution in [0.4, 0.5) is 0 Å². The molecule has 5 heteroatoms. The lowest BCUT2D eigenvalue weighted by Gasteiger charge is -2.11. The molecule has 0 aliphatic heterocycles. The van der Waals surface area contributed by atoms with E-state index in [4.69, 9.17) is 0 Å². The van der Waals surface area contributed by atoms with E-state index in [1.54, 1.807) is 11.3 Å². The van der Waals surface area contributed by atoms with Crippen molar-refractivity contribution in [2.75, 3.05) is 0 Å². The fourth-order valence-electron chi connectivity index (χ4n) is 1.48. The summed E-state index contributed by atoms with van der Waals surface area (Å²) in [5, 5.41) is 10.4. The highest BCUT2D eigenvalue weighted by Gasteiger charge is 2.08. The van der Waals surface area contributed by atoms with Crippen LogP contribution in [-0.2, 0) is 6.54 Å². The Bertz CT molecular complexity index is 463. The molecule has 2 aromatic heterocycles. The third-order valence-electron chi connectivity index (χ3n) is 2.55. The Labute approximate surface area is 107 Å². The molecule has 0 bridgehead atoms. The van der Waals surface area contributed by atoms with Gasteiger partial charge in [0.15, 0.2) is 0 Å². The van der Waals surface area contributed by atoms with Gasteiger partial charge in [-0.05, 0) is 41.9 Å². The Balaban J connectivity index is 1.93. The molecule has 0 spiro atoms. The maximum Gasteiger partial charge on any atom is 0.0701 e. The highest BCUT2D eigenvalue weighted by atomic mass is 79.9. The van der Waals surface area contributed by atoms with E-state index in [0.29, 0.717) is 6.04 Å². The van der Waals surface area contributed by atoms with Gasteiger partial charge in [-0.25, -0.2) is 0 Å². The number of rotatable bonds is 4. The van der Waals surface area contributed by atoms with Gasteiger partial charge in [-0.2, -0.15) is 5.10 Å². The summed E-state index contributed by atoms with van der Waals surface area (Å²) in [5.41, 5.74) is 2.36. The maximum atomic E-state index is 4.01. The molecule has 86 valence electrons. The van der Waals surface area contributed by atoms with Crippen molar-refractivity contribution >= 4 is 27.3 Å². The molecule has 0 aliphatic rings. The number of thiophene rings is 1. The maximum absolute atomic E-state index is 4.01. The number of aryl methyl sites for hydroxylation is 1. The number of aromatic amines is 1. The predicted molar refractivity (Wildman–Crippen MR) is 70.6 cm³/mol. The normalized spacial score (nSPS) is 12.9. The van der Waals surface area contributed by atoms with Crippen LogP contribution in [0, 0.1) is 6.92 Å². The van der Waals surface area contributed by atoms with E-state index < -0.39 is 0 Å². The van der Waals surface area contributed by atoms with Crippen LogP contribution in [0.1, 0.15) is 29.1 Å². The minimum absolute atomic E-state index is 0.366. The fourth-order valence-corrected chi connectivity index (χ4v) is 2.93. The molecule has 16 heavy (non-hydrogen) atoms. The average Bonchev–Trinajstić information content (AvgIpc) is 2.84. The van der Waals surface area contributed by atoms with Crippen molar-refractivity contribution in [1.29, 1.82) is 0 Å². The Morgan fingerprint density at radius 2 is 2.38 bits per heavy atom. The first-order valence-corrected chi connectivity index (χ1v) is 6.75. The molecule has 0 amide bonds. The Hall–Kier alpha value is -0.650. The van der Waals surface area contributed by atoms with Crippen LogP contribution in [0.2, 0.25) is 0 Å². The summed E-state index contributed by atoms with van der Waals surface area (Å²) in [4.78, 5) is 1.34. The quantitative estimate of drug-likeness (QED) is 0.908. The first-order valence-electron chi connectivity index (χ1n) is 5.14. The summed E-state index contributed by atoms with van der Waals surface area (Å²) in [6.07, 6.45) is 1.87. The predicted octanol–water partition coefficient (Wildman–Crippen LogP) is 3.39. The second kappa shape index (κ2) is 5.12. The van der Waals surface area contributed by atoms with Gasteiger partial charge in [0.25, 0.3) is 0 Å². The molecule has 2 N–H and O–H groups in total. The Kier molecular flexibility index (Phi) is 3.78. The number of nitrogens with zero attached hydrogens (tertiary/aromatic N) is 1. The molecule has 2 heterocycles. The lowest BCUT2D eigenvalue weighted by molar-refractivity contribution is 0.581. The second-order valence-corrected chi connectivity index (χ2v) is 6.26. The molecule has 0 radical (unpaired) electrons. The largest absolute Gasteiger partial charge is 0.305 e. The van der Waals surface area contributed by atoms with E-state index in [-0.39, 0.29) is 0 Å². The van der Waals surface area contributed by atoms with Gasteiger partial charge in [-0.3, -0.25) is 5.10 Å². The minimum Gasteiger partial charge on any atom is -0.305 e. The van der Waals surface area contributed by atoms with E-state index in [1.165, 1.54) is 14.2 Å². The monoisotopic (exact) mass is 299 g/mol. The van der Waals surface area contributed by atoms with Crippen LogP contribution in [0.3, 0.4) is 0 Å². The van der Waals surface area contributed by atoms with E-state index in [9.17, 15) is 0 Å². The molecule has 1 atom stereocenters. The van der Waals surface area contributed by atoms with Gasteiger partial charge in [-0.15, -0.1) is 11.3 Å². The summed E-state index contributed by atoms with van der Waals surface area (Å²) in [7, 11) is 0. The molecular formula is C11H14BrN3S. The molecule has 3 nitrogen and oxygen atoms in total. The zero-order valence-electron chi connectivity index (χ0n) is 9.25. The van der Waals surface area contributed by atoms with Gasteiger partial charge in [0.05, 0.1) is 9.98 Å². The molecule has 2 aromatic rings. The minimum atomic E-state index is 0.366. The van der Waals surface area contributed by atoms with Gasteiger partial charge in [-0.1, -0.05) is 0 Å². The third kappa shape index (κ3) is 2.72. The molecule has 0 saturated carbocycles. The van der Waals surface area contributed by atoms with Crippen molar-refractivity contribution in [2.24, 2.45) is 0 Å². The van der Waals surface area contributed by atoms with Crippen LogP contribution >= 0.6 is 27.3 Å². The van der Waals surface area contributed by atoms with Crippen LogP contribution < -0.4 is 5.32 Å². The smallest absolute Gasteiger partial charge is 0.0701 e. The number of nitrogens with one attached hydrogen (secondary N) is 2. The van der Waals surface area contributed by atoms with E-state index in [2.05, 4.69) is 50.5 Å². The third-order valence-corrected chi connectivity index (χ3v) is 4.36. The van der Waals surface area contributed by atoms with Gasteiger partial charge in [0, 0.05) is 28.7 Å². The van der Waals surface area contributed by atoms with Gasteiger partial charge in [0.2, 0.25) is 0 Å². The molecule has 0 aromatic carbocycles. The van der Waals surface area contributed by atoms with Crippen molar-refractivity contribution in [3.05, 3.63) is 38.3 Å². The summed E-state index contributed by atoms with van der Waals surface area (Å²) in [5.74, 6) is 0. The van der Waals surface area contributed by atoms with Crippen LogP contribution in [0.15, 0.2) is 22.1 Å². The summed E-state index contributed by atoms with van der Waals surface area (Å²) >= 11 is 5.25. The molecule has 0 aliphatic carbocycles. The molecule has 0 saturated heterocycles. The molecule has 2 rings (SSSR count). The van der Waals surface area contributed by atoms with Crippen molar-refractivity contribution in [3.63, 3.8) is 0 Å². The van der Waals surface area contributed by atoms with Gasteiger partial charge in [0.1, 0.15) is 0 Å². The second-order valence-electron chi connectivity index (χ2n) is 3.76. The Morgan fingerprint density at radius 3 is 2.94 bits per heavy atom. The SMILES string of the molecule is Cc1[nH]ncc1CNC(C)c1ccc(Br)s1. The lowest BCUT2D eigenvalue weighted by atomic mass is 10.2. The molecular weight excluding hydrogens is 286 g/mol. The van der Waals surface area contributed by atoms with Crippen molar-refractivity contribution in [3.8, 4) is 0 Å². The number of hydrogen-bond donors (Lipinski definition) is 2. The van der Waals surface area contributed by atoms with Crippen molar-refractivity contribution < 1.29 is 0 Å². The zero-order valence-corrected chi connectivity index (χ0v) is 11.7. The first-order chi connectivity index (χ1) is 7.66. The van der Waals surface area contributed by atoms with Crippen molar-refractivity contribution in [1.82, 2.24) is 15.5 Å². The van der Waals surface area contributed by atoms with Crippen LogP contribution in [0.25, 0.3) is 0 Å². The summed E-state index contributed by atoms with van der Waals surface area (Å²) in [6, 6.07) is 4.60. The standard InChI is InChI=1S/C11H14BrN3S/c1-7-9(6-14-15-7)5-13-8(2)10-3-4-11(12)16-10/h3-4,6,8,13H,5H2,1-2H3,(H,14,15). The van der Waals surface area contributed by atoms with E-state index in [0.717, 1.165) is 12.2 Å². The molecule has 1 unspecified atom stereocenters. The zero-order chi connectivity index (χ0) is 11.5. The van der Waals surface area contributed by atoms with E-state index >= 15 is 0 Å². The number of hydrogen-bond acceptors (Lipinski definition) is 3. The van der Waals surface area contributed by atoms with E-state index in [1.807, 2.05) is 13.1 Å². The summed E-state index contributed by atoms with van der Waals surface area (Å²) in [6.45, 7) is 5.06. The number of H-pyrrole nitrogens is 1. The topological polar surface area (TPSA) is 40.7 Å². The number of halogens is 1. The van der Waals surface area contributed by atoms with Crippen LogP contribution in [-0.4, -0.2) is 10.2 Å². The van der Waals surface area contributed by atoms with Gasteiger partial charge < -0.3 is 5.32 Å².